The smallest absolute Gasteiger partial charge is 0.325 e. The lowest BCUT2D eigenvalue weighted by Crippen LogP contribution is -2.46. The molecule has 2 heterocycles. The number of carbonyl (C=O) groups excluding carboxylic acids is 2. The minimum Gasteiger partial charge on any atom is -0.419 e. The van der Waals surface area contributed by atoms with Crippen LogP contribution in [0.25, 0.3) is 11.5 Å². The lowest BCUT2D eigenvalue weighted by molar-refractivity contribution is -0.132. The third-order valence-electron chi connectivity index (χ3n) is 5.50. The molecule has 29 heavy (non-hydrogen) atoms. The van der Waals surface area contributed by atoms with Crippen molar-refractivity contribution < 1.29 is 14.0 Å². The van der Waals surface area contributed by atoms with Crippen molar-refractivity contribution in [1.82, 2.24) is 20.4 Å². The van der Waals surface area contributed by atoms with Crippen LogP contribution in [0.5, 0.6) is 0 Å². The van der Waals surface area contributed by atoms with E-state index in [9.17, 15) is 9.59 Å². The van der Waals surface area contributed by atoms with Crippen LogP contribution in [0.3, 0.4) is 0 Å². The molecule has 1 atom stereocenters. The number of carbonyl (C=O) groups is 2. The van der Waals surface area contributed by atoms with Crippen molar-refractivity contribution in [2.75, 3.05) is 0 Å². The molecule has 1 spiro atoms. The summed E-state index contributed by atoms with van der Waals surface area (Å²) in [6.45, 7) is -0.0742. The molecule has 2 aromatic carbocycles. The van der Waals surface area contributed by atoms with Gasteiger partial charge in [-0.2, -0.15) is 0 Å². The summed E-state index contributed by atoms with van der Waals surface area (Å²) in [4.78, 5) is 27.1. The second-order valence-corrected chi connectivity index (χ2v) is 7.68. The minimum absolute atomic E-state index is 0.0742. The van der Waals surface area contributed by atoms with Crippen LogP contribution >= 0.6 is 11.6 Å². The highest BCUT2D eigenvalue weighted by Gasteiger charge is 2.54. The second kappa shape index (κ2) is 6.70. The average Bonchev–Trinajstić information content (AvgIpc) is 3.29. The molecule has 3 amide bonds. The number of hydrogen-bond acceptors (Lipinski definition) is 5. The Balaban J connectivity index is 1.42. The van der Waals surface area contributed by atoms with E-state index in [-0.39, 0.29) is 18.3 Å². The predicted octanol–water partition coefficient (Wildman–Crippen LogP) is 3.67. The van der Waals surface area contributed by atoms with Crippen LogP contribution in [0.1, 0.15) is 29.9 Å². The zero-order valence-electron chi connectivity index (χ0n) is 15.4. The molecule has 0 saturated carbocycles. The van der Waals surface area contributed by atoms with E-state index >= 15 is 0 Å². The number of hydrogen-bond donors (Lipinski definition) is 1. The summed E-state index contributed by atoms with van der Waals surface area (Å²) in [5.74, 6) is 0.224. The Morgan fingerprint density at radius 1 is 1.10 bits per heavy atom. The van der Waals surface area contributed by atoms with Crippen molar-refractivity contribution in [3.8, 4) is 11.5 Å². The minimum atomic E-state index is -1.01. The molecule has 1 N–H and O–H groups in total. The Morgan fingerprint density at radius 2 is 1.90 bits per heavy atom. The van der Waals surface area contributed by atoms with Crippen LogP contribution in [0.2, 0.25) is 5.02 Å². The number of halogens is 1. The van der Waals surface area contributed by atoms with Crippen molar-refractivity contribution in [2.45, 2.75) is 31.3 Å². The van der Waals surface area contributed by atoms with Crippen LogP contribution in [0.4, 0.5) is 4.79 Å². The molecule has 2 aliphatic rings. The first-order chi connectivity index (χ1) is 14.1. The van der Waals surface area contributed by atoms with Gasteiger partial charge in [0.15, 0.2) is 0 Å². The Bertz CT molecular complexity index is 1110. The summed E-state index contributed by atoms with van der Waals surface area (Å²) >= 11 is 5.90. The number of benzene rings is 2. The Kier molecular flexibility index (Phi) is 4.13. The Morgan fingerprint density at radius 3 is 2.72 bits per heavy atom. The van der Waals surface area contributed by atoms with Gasteiger partial charge in [-0.1, -0.05) is 35.9 Å². The van der Waals surface area contributed by atoms with E-state index < -0.39 is 11.6 Å². The van der Waals surface area contributed by atoms with Gasteiger partial charge in [0.25, 0.3) is 5.91 Å². The number of aromatic nitrogens is 2. The molecule has 0 bridgehead atoms. The highest BCUT2D eigenvalue weighted by Crippen LogP contribution is 2.40. The second-order valence-electron chi connectivity index (χ2n) is 7.25. The molecule has 146 valence electrons. The van der Waals surface area contributed by atoms with Crippen molar-refractivity contribution in [3.63, 3.8) is 0 Å². The fourth-order valence-electron chi connectivity index (χ4n) is 4.12. The SMILES string of the molecule is O=C1N[C@@]2(CCCc3ccccc32)C(=O)N1Cc1nnc(-c2ccc(Cl)cc2)o1. The lowest BCUT2D eigenvalue weighted by Gasteiger charge is -2.33. The zero-order valence-corrected chi connectivity index (χ0v) is 16.1. The third kappa shape index (κ3) is 2.89. The molecule has 0 radical (unpaired) electrons. The van der Waals surface area contributed by atoms with Gasteiger partial charge in [0.2, 0.25) is 11.8 Å². The maximum absolute atomic E-state index is 13.3. The van der Waals surface area contributed by atoms with Crippen LogP contribution in [-0.2, 0) is 23.3 Å². The van der Waals surface area contributed by atoms with Gasteiger partial charge in [-0.15, -0.1) is 10.2 Å². The van der Waals surface area contributed by atoms with Crippen molar-refractivity contribution in [2.24, 2.45) is 0 Å². The van der Waals surface area contributed by atoms with Crippen LogP contribution in [0, 0.1) is 0 Å². The first-order valence-electron chi connectivity index (χ1n) is 9.38. The maximum Gasteiger partial charge on any atom is 0.325 e. The van der Waals surface area contributed by atoms with Crippen LogP contribution in [0.15, 0.2) is 52.9 Å². The summed E-state index contributed by atoms with van der Waals surface area (Å²) in [5, 5.41) is 11.5. The monoisotopic (exact) mass is 408 g/mol. The molecule has 1 aliphatic heterocycles. The van der Waals surface area contributed by atoms with Gasteiger partial charge < -0.3 is 9.73 Å². The summed E-state index contributed by atoms with van der Waals surface area (Å²) in [7, 11) is 0. The summed E-state index contributed by atoms with van der Waals surface area (Å²) in [6, 6.07) is 14.3. The molecular formula is C21H17ClN4O3. The van der Waals surface area contributed by atoms with Gasteiger partial charge in [0.1, 0.15) is 12.1 Å². The number of amides is 3. The quantitative estimate of drug-likeness (QED) is 0.668. The van der Waals surface area contributed by atoms with E-state index in [1.54, 1.807) is 24.3 Å². The zero-order chi connectivity index (χ0) is 20.0. The molecule has 0 unspecified atom stereocenters. The number of nitrogens with zero attached hydrogens (tertiary/aromatic N) is 3. The van der Waals surface area contributed by atoms with E-state index in [4.69, 9.17) is 16.0 Å². The first kappa shape index (κ1) is 17.9. The summed E-state index contributed by atoms with van der Waals surface area (Å²) in [5.41, 5.74) is 1.67. The van der Waals surface area contributed by atoms with Gasteiger partial charge >= 0.3 is 6.03 Å². The highest BCUT2D eigenvalue weighted by atomic mass is 35.5. The maximum atomic E-state index is 13.3. The Hall–Kier alpha value is -3.19. The summed E-state index contributed by atoms with van der Waals surface area (Å²) < 4.78 is 5.67. The number of urea groups is 1. The molecule has 1 fully saturated rings. The topological polar surface area (TPSA) is 88.3 Å². The van der Waals surface area contributed by atoms with E-state index in [1.165, 1.54) is 0 Å². The number of fused-ring (bicyclic) bond motifs is 2. The predicted molar refractivity (Wildman–Crippen MR) is 105 cm³/mol. The molecule has 1 aromatic heterocycles. The molecule has 5 rings (SSSR count). The first-order valence-corrected chi connectivity index (χ1v) is 9.75. The number of nitrogens with one attached hydrogen (secondary N) is 1. The van der Waals surface area contributed by atoms with Gasteiger partial charge in [0.05, 0.1) is 0 Å². The number of imide groups is 1. The largest absolute Gasteiger partial charge is 0.419 e. The van der Waals surface area contributed by atoms with Gasteiger partial charge in [-0.3, -0.25) is 9.69 Å². The van der Waals surface area contributed by atoms with Gasteiger partial charge in [-0.05, 0) is 54.7 Å². The molecule has 3 aromatic rings. The van der Waals surface area contributed by atoms with Crippen molar-refractivity contribution in [3.05, 3.63) is 70.6 Å². The lowest BCUT2D eigenvalue weighted by atomic mass is 9.76. The van der Waals surface area contributed by atoms with Gasteiger partial charge in [0, 0.05) is 10.6 Å². The fourth-order valence-corrected chi connectivity index (χ4v) is 4.24. The normalized spacial score (nSPS) is 20.8. The fraction of sp³-hybridized carbons (Fsp3) is 0.238. The van der Waals surface area contributed by atoms with E-state index in [0.29, 0.717) is 22.9 Å². The molecule has 1 aliphatic carbocycles. The van der Waals surface area contributed by atoms with Crippen LogP contribution in [-0.4, -0.2) is 27.0 Å². The average molecular weight is 409 g/mol. The Labute approximate surface area is 171 Å². The molecular weight excluding hydrogens is 392 g/mol. The molecule has 8 heteroatoms. The van der Waals surface area contributed by atoms with Gasteiger partial charge in [-0.25, -0.2) is 4.79 Å². The van der Waals surface area contributed by atoms with Crippen molar-refractivity contribution in [1.29, 1.82) is 0 Å². The standard InChI is InChI=1S/C21H17ClN4O3/c22-15-9-7-14(8-10-15)18-25-24-17(29-18)12-26-19(27)21(23-20(26)28)11-3-5-13-4-1-2-6-16(13)21/h1-2,4,6-10H,3,5,11-12H2,(H,23,28)/t21-/m1/s1. The number of aryl methyl sites for hydroxylation is 1. The number of rotatable bonds is 3. The van der Waals surface area contributed by atoms with E-state index in [1.807, 2.05) is 24.3 Å². The third-order valence-corrected chi connectivity index (χ3v) is 5.75. The molecule has 7 nitrogen and oxygen atoms in total. The van der Waals surface area contributed by atoms with E-state index in [2.05, 4.69) is 15.5 Å². The van der Waals surface area contributed by atoms with Crippen LogP contribution < -0.4 is 5.32 Å². The summed E-state index contributed by atoms with van der Waals surface area (Å²) in [6.07, 6.45) is 2.30. The van der Waals surface area contributed by atoms with E-state index in [0.717, 1.165) is 28.9 Å². The molecule has 1 saturated heterocycles. The van der Waals surface area contributed by atoms with Crippen molar-refractivity contribution >= 4 is 23.5 Å². The highest BCUT2D eigenvalue weighted by molar-refractivity contribution is 6.30.